The van der Waals surface area contributed by atoms with Crippen molar-refractivity contribution in [1.29, 1.82) is 0 Å². The third-order valence-electron chi connectivity index (χ3n) is 4.82. The highest BCUT2D eigenvalue weighted by atomic mass is 16.6. The van der Waals surface area contributed by atoms with Crippen LogP contribution in [-0.4, -0.2) is 22.0 Å². The fourth-order valence-corrected chi connectivity index (χ4v) is 3.02. The van der Waals surface area contributed by atoms with Gasteiger partial charge in [0.15, 0.2) is 11.5 Å². The first kappa shape index (κ1) is 25.6. The van der Waals surface area contributed by atoms with Gasteiger partial charge in [-0.15, -0.1) is 0 Å². The number of ether oxygens (including phenoxy) is 2. The van der Waals surface area contributed by atoms with Crippen molar-refractivity contribution >= 4 is 34.9 Å². The first-order chi connectivity index (χ1) is 16.9. The van der Waals surface area contributed by atoms with E-state index in [0.29, 0.717) is 0 Å². The monoisotopic (exact) mass is 494 g/mol. The lowest BCUT2D eigenvalue weighted by atomic mass is 9.87. The highest BCUT2D eigenvalue weighted by molar-refractivity contribution is 5.89. The van der Waals surface area contributed by atoms with E-state index in [1.165, 1.54) is 48.5 Å². The van der Waals surface area contributed by atoms with Gasteiger partial charge in [-0.2, -0.15) is 0 Å². The molecule has 12 heteroatoms. The third kappa shape index (κ3) is 6.76. The highest BCUT2D eigenvalue weighted by Gasteiger charge is 2.21. The van der Waals surface area contributed by atoms with Crippen molar-refractivity contribution in [2.24, 2.45) is 0 Å². The summed E-state index contributed by atoms with van der Waals surface area (Å²) >= 11 is 0. The van der Waals surface area contributed by atoms with Crippen molar-refractivity contribution in [2.45, 2.75) is 26.2 Å². The average molecular weight is 494 g/mol. The number of non-ortho nitro benzene ring substituents is 2. The van der Waals surface area contributed by atoms with Gasteiger partial charge in [-0.05, 0) is 35.2 Å². The molecule has 0 bridgehead atoms. The van der Waals surface area contributed by atoms with Crippen LogP contribution in [-0.2, 0) is 5.41 Å². The molecule has 2 N–H and O–H groups in total. The van der Waals surface area contributed by atoms with Crippen LogP contribution in [0.2, 0.25) is 0 Å². The summed E-state index contributed by atoms with van der Waals surface area (Å²) < 4.78 is 10.7. The zero-order valence-corrected chi connectivity index (χ0v) is 19.5. The first-order valence-corrected chi connectivity index (χ1v) is 10.5. The Balaban J connectivity index is 1.81. The number of nitro groups is 2. The molecule has 3 rings (SSSR count). The van der Waals surface area contributed by atoms with E-state index in [2.05, 4.69) is 10.6 Å². The normalized spacial score (nSPS) is 10.8. The van der Waals surface area contributed by atoms with E-state index >= 15 is 0 Å². The number of hydrogen-bond donors (Lipinski definition) is 2. The van der Waals surface area contributed by atoms with Crippen molar-refractivity contribution in [3.8, 4) is 11.5 Å². The van der Waals surface area contributed by atoms with Crippen LogP contribution in [0.1, 0.15) is 26.3 Å². The second kappa shape index (κ2) is 10.5. The Hall–Kier alpha value is -5.00. The molecule has 36 heavy (non-hydrogen) atoms. The first-order valence-electron chi connectivity index (χ1n) is 10.5. The van der Waals surface area contributed by atoms with E-state index < -0.39 is 22.0 Å². The standard InChI is InChI=1S/C24H22N4O8/c1-24(2,3)15-10-11-20(35-22(29)25-16-6-4-8-18(13-16)27(31)32)21(12-15)36-23(30)26-17-7-5-9-19(14-17)28(33)34/h4-14H,1-3H3,(H,25,29)(H,26,30). The number of amides is 2. The molecule has 0 aliphatic rings. The maximum Gasteiger partial charge on any atom is 0.417 e. The molecule has 186 valence electrons. The van der Waals surface area contributed by atoms with Crippen molar-refractivity contribution in [3.63, 3.8) is 0 Å². The Bertz CT molecular complexity index is 1330. The smallest absolute Gasteiger partial charge is 0.406 e. The molecule has 12 nitrogen and oxygen atoms in total. The van der Waals surface area contributed by atoms with Gasteiger partial charge in [0.1, 0.15) is 0 Å². The number of hydrogen-bond acceptors (Lipinski definition) is 8. The minimum Gasteiger partial charge on any atom is -0.406 e. The molecule has 0 aliphatic carbocycles. The Labute approximate surface area is 205 Å². The molecule has 0 atom stereocenters. The summed E-state index contributed by atoms with van der Waals surface area (Å²) in [7, 11) is 0. The van der Waals surface area contributed by atoms with Crippen molar-refractivity contribution in [1.82, 2.24) is 0 Å². The van der Waals surface area contributed by atoms with Crippen LogP contribution in [0, 0.1) is 20.2 Å². The lowest BCUT2D eigenvalue weighted by molar-refractivity contribution is -0.385. The lowest BCUT2D eigenvalue weighted by Gasteiger charge is -2.21. The van der Waals surface area contributed by atoms with Crippen LogP contribution in [0.4, 0.5) is 32.3 Å². The molecule has 0 unspecified atom stereocenters. The average Bonchev–Trinajstić information content (AvgIpc) is 2.79. The van der Waals surface area contributed by atoms with Crippen LogP contribution < -0.4 is 20.1 Å². The number of nitro benzene ring substituents is 2. The summed E-state index contributed by atoms with van der Waals surface area (Å²) in [5.74, 6) is -0.181. The fraction of sp³-hybridized carbons (Fsp3) is 0.167. The molecule has 0 saturated carbocycles. The molecule has 0 spiro atoms. The number of benzene rings is 3. The van der Waals surface area contributed by atoms with Crippen molar-refractivity contribution < 1.29 is 28.9 Å². The van der Waals surface area contributed by atoms with E-state index in [1.54, 1.807) is 6.07 Å². The van der Waals surface area contributed by atoms with Gasteiger partial charge in [0.25, 0.3) is 11.4 Å². The summed E-state index contributed by atoms with van der Waals surface area (Å²) in [6.45, 7) is 5.81. The molecule has 0 fully saturated rings. The Morgan fingerprint density at radius 3 is 1.64 bits per heavy atom. The summed E-state index contributed by atoms with van der Waals surface area (Å²) in [6.07, 6.45) is -1.94. The van der Waals surface area contributed by atoms with Crippen LogP contribution in [0.3, 0.4) is 0 Å². The van der Waals surface area contributed by atoms with Gasteiger partial charge < -0.3 is 9.47 Å². The summed E-state index contributed by atoms with van der Waals surface area (Å²) in [5.41, 5.74) is 0.261. The molecular formula is C24H22N4O8. The fourth-order valence-electron chi connectivity index (χ4n) is 3.02. The maximum atomic E-state index is 12.5. The Morgan fingerprint density at radius 1 is 0.722 bits per heavy atom. The second-order valence-electron chi connectivity index (χ2n) is 8.56. The SMILES string of the molecule is CC(C)(C)c1ccc(OC(=O)Nc2cccc([N+](=O)[O-])c2)c(OC(=O)Nc2cccc([N+](=O)[O-])c2)c1. The van der Waals surface area contributed by atoms with Gasteiger partial charge in [-0.3, -0.25) is 30.9 Å². The molecule has 0 radical (unpaired) electrons. The predicted molar refractivity (Wildman–Crippen MR) is 131 cm³/mol. The van der Waals surface area contributed by atoms with E-state index in [-0.39, 0.29) is 39.7 Å². The Kier molecular flexibility index (Phi) is 7.48. The van der Waals surface area contributed by atoms with Crippen molar-refractivity contribution in [3.05, 3.63) is 92.5 Å². The van der Waals surface area contributed by atoms with E-state index in [0.717, 1.165) is 17.7 Å². The third-order valence-corrected chi connectivity index (χ3v) is 4.82. The molecule has 2 amide bonds. The van der Waals surface area contributed by atoms with E-state index in [9.17, 15) is 29.8 Å². The zero-order chi connectivity index (χ0) is 26.5. The molecule has 0 heterocycles. The molecule has 0 saturated heterocycles. The summed E-state index contributed by atoms with van der Waals surface area (Å²) in [4.78, 5) is 45.7. The van der Waals surface area contributed by atoms with Crippen LogP contribution in [0.15, 0.2) is 66.7 Å². The van der Waals surface area contributed by atoms with Crippen LogP contribution in [0.25, 0.3) is 0 Å². The number of carbonyl (C=O) groups is 2. The van der Waals surface area contributed by atoms with Gasteiger partial charge in [0.2, 0.25) is 0 Å². The van der Waals surface area contributed by atoms with Crippen LogP contribution in [0.5, 0.6) is 11.5 Å². The number of anilines is 2. The number of nitrogens with one attached hydrogen (secondary N) is 2. The minimum absolute atomic E-state index is 0.0838. The maximum absolute atomic E-state index is 12.5. The predicted octanol–water partition coefficient (Wildman–Crippen LogP) is 6.02. The minimum atomic E-state index is -0.969. The molecular weight excluding hydrogens is 472 g/mol. The summed E-state index contributed by atoms with van der Waals surface area (Å²) in [6, 6.07) is 15.2. The topological polar surface area (TPSA) is 163 Å². The largest absolute Gasteiger partial charge is 0.417 e. The molecule has 3 aromatic carbocycles. The Morgan fingerprint density at radius 2 is 1.19 bits per heavy atom. The number of rotatable bonds is 6. The van der Waals surface area contributed by atoms with Gasteiger partial charge in [-0.25, -0.2) is 9.59 Å². The molecule has 0 aromatic heterocycles. The number of nitrogens with zero attached hydrogens (tertiary/aromatic N) is 2. The van der Waals surface area contributed by atoms with Gasteiger partial charge >= 0.3 is 12.2 Å². The number of carbonyl (C=O) groups excluding carboxylic acids is 2. The summed E-state index contributed by atoms with van der Waals surface area (Å²) in [5, 5.41) is 26.7. The lowest BCUT2D eigenvalue weighted by Crippen LogP contribution is -2.21. The van der Waals surface area contributed by atoms with Gasteiger partial charge in [0, 0.05) is 24.3 Å². The van der Waals surface area contributed by atoms with E-state index in [1.807, 2.05) is 20.8 Å². The van der Waals surface area contributed by atoms with E-state index in [4.69, 9.17) is 9.47 Å². The zero-order valence-electron chi connectivity index (χ0n) is 19.5. The highest BCUT2D eigenvalue weighted by Crippen LogP contribution is 2.34. The van der Waals surface area contributed by atoms with Crippen molar-refractivity contribution in [2.75, 3.05) is 10.6 Å². The second-order valence-corrected chi connectivity index (χ2v) is 8.56. The quantitative estimate of drug-likeness (QED) is 0.310. The molecule has 0 aliphatic heterocycles. The van der Waals surface area contributed by atoms with Gasteiger partial charge in [-0.1, -0.05) is 39.0 Å². The molecule has 3 aromatic rings. The van der Waals surface area contributed by atoms with Gasteiger partial charge in [0.05, 0.1) is 21.2 Å². The van der Waals surface area contributed by atoms with Crippen LogP contribution >= 0.6 is 0 Å².